The summed E-state index contributed by atoms with van der Waals surface area (Å²) >= 11 is 0.124. The van der Waals surface area contributed by atoms with E-state index >= 15 is 0 Å². The molecule has 1 rings (SSSR count). The normalized spacial score (nSPS) is 22.0. The summed E-state index contributed by atoms with van der Waals surface area (Å²) in [6.07, 6.45) is 7.54. The van der Waals surface area contributed by atoms with Crippen molar-refractivity contribution in [3.63, 3.8) is 0 Å². The quantitative estimate of drug-likeness (QED) is 0.535. The van der Waals surface area contributed by atoms with E-state index in [0.29, 0.717) is 5.92 Å². The molecule has 0 N–H and O–H groups in total. The van der Waals surface area contributed by atoms with Crippen molar-refractivity contribution in [1.29, 1.82) is 0 Å². The molecule has 0 aromatic rings. The van der Waals surface area contributed by atoms with Gasteiger partial charge in [-0.2, -0.15) is 13.2 Å². The average Bonchev–Trinajstić information content (AvgIpc) is 2.62. The van der Waals surface area contributed by atoms with E-state index in [2.05, 4.69) is 40.2 Å². The first-order chi connectivity index (χ1) is 9.33. The van der Waals surface area contributed by atoms with Crippen LogP contribution in [0.25, 0.3) is 0 Å². The Labute approximate surface area is 133 Å². The lowest BCUT2D eigenvalue weighted by atomic mass is 10.0. The Hall–Kier alpha value is 0.230. The lowest BCUT2D eigenvalue weighted by molar-refractivity contribution is -0.0326. The van der Waals surface area contributed by atoms with Crippen molar-refractivity contribution in [2.24, 2.45) is 5.92 Å². The second-order valence-electron chi connectivity index (χ2n) is 7.41. The monoisotopic (exact) mass is 342 g/mol. The largest absolute Gasteiger partial charge is 0.442 e. The fourth-order valence-corrected chi connectivity index (χ4v) is 4.51. The van der Waals surface area contributed by atoms with E-state index in [-0.39, 0.29) is 22.3 Å². The topological polar surface area (TPSA) is 0 Å². The van der Waals surface area contributed by atoms with E-state index in [1.807, 2.05) is 0 Å². The molecule has 0 heterocycles. The summed E-state index contributed by atoms with van der Waals surface area (Å²) in [4.78, 5) is 0. The van der Waals surface area contributed by atoms with Crippen molar-refractivity contribution in [2.75, 3.05) is 24.0 Å². The molecule has 1 unspecified atom stereocenters. The molecule has 0 fully saturated rings. The van der Waals surface area contributed by atoms with E-state index in [9.17, 15) is 13.2 Å². The molecule has 21 heavy (non-hydrogen) atoms. The maximum absolute atomic E-state index is 12.4. The average molecular weight is 343 g/mol. The highest BCUT2D eigenvalue weighted by molar-refractivity contribution is 8.33. The molecule has 0 amide bonds. The van der Waals surface area contributed by atoms with Gasteiger partial charge in [-0.25, -0.2) is 10.0 Å². The van der Waals surface area contributed by atoms with E-state index < -0.39 is 15.5 Å². The number of allylic oxidation sites excluding steroid dienone is 1. The van der Waals surface area contributed by atoms with E-state index in [0.717, 1.165) is 30.6 Å². The van der Waals surface area contributed by atoms with Crippen LogP contribution in [0.2, 0.25) is 0 Å². The maximum Gasteiger partial charge on any atom is 0.442 e. The Morgan fingerprint density at radius 3 is 2.24 bits per heavy atom. The van der Waals surface area contributed by atoms with Crippen molar-refractivity contribution >= 4 is 21.8 Å². The summed E-state index contributed by atoms with van der Waals surface area (Å²) in [6.45, 7) is 8.99. The summed E-state index contributed by atoms with van der Waals surface area (Å²) in [5.74, 6) is 1.72. The molecular formula is C16H29F3S2. The SMILES string of the molecule is CC1CCC(CSC(F)(F)F)=C1CCS(C)(C)C(C)(C)C. The van der Waals surface area contributed by atoms with Crippen LogP contribution in [0.1, 0.15) is 47.0 Å². The minimum atomic E-state index is -4.11. The van der Waals surface area contributed by atoms with Gasteiger partial charge in [-0.3, -0.25) is 0 Å². The molecule has 0 saturated heterocycles. The summed E-state index contributed by atoms with van der Waals surface area (Å²) < 4.78 is 37.5. The molecule has 1 atom stereocenters. The van der Waals surface area contributed by atoms with Crippen LogP contribution >= 0.6 is 21.8 Å². The van der Waals surface area contributed by atoms with Crippen LogP contribution in [0.4, 0.5) is 13.2 Å². The van der Waals surface area contributed by atoms with Gasteiger partial charge in [0.2, 0.25) is 0 Å². The van der Waals surface area contributed by atoms with Gasteiger partial charge >= 0.3 is 5.51 Å². The van der Waals surface area contributed by atoms with Crippen molar-refractivity contribution < 1.29 is 13.2 Å². The smallest absolute Gasteiger partial charge is 0.242 e. The highest BCUT2D eigenvalue weighted by Gasteiger charge is 2.32. The Balaban J connectivity index is 2.73. The fraction of sp³-hybridized carbons (Fsp3) is 0.875. The molecule has 0 nitrogen and oxygen atoms in total. The van der Waals surface area contributed by atoms with Gasteiger partial charge in [-0.15, -0.1) is 0 Å². The van der Waals surface area contributed by atoms with Gasteiger partial charge in [-0.1, -0.05) is 38.8 Å². The number of hydrogen-bond donors (Lipinski definition) is 0. The Morgan fingerprint density at radius 1 is 1.19 bits per heavy atom. The van der Waals surface area contributed by atoms with E-state index in [1.165, 1.54) is 5.57 Å². The van der Waals surface area contributed by atoms with Gasteiger partial charge in [0.1, 0.15) is 0 Å². The zero-order valence-corrected chi connectivity index (χ0v) is 15.7. The van der Waals surface area contributed by atoms with Crippen LogP contribution in [-0.4, -0.2) is 34.3 Å². The molecule has 0 aliphatic heterocycles. The van der Waals surface area contributed by atoms with Crippen LogP contribution < -0.4 is 0 Å². The minimum Gasteiger partial charge on any atom is -0.242 e. The molecule has 0 spiro atoms. The third-order valence-electron chi connectivity index (χ3n) is 4.88. The second kappa shape index (κ2) is 6.77. The zero-order valence-electron chi connectivity index (χ0n) is 14.1. The van der Waals surface area contributed by atoms with Crippen LogP contribution in [0, 0.1) is 5.92 Å². The number of alkyl halides is 3. The Kier molecular flexibility index (Phi) is 6.22. The fourth-order valence-electron chi connectivity index (χ4n) is 2.50. The molecule has 0 saturated carbocycles. The van der Waals surface area contributed by atoms with Gasteiger partial charge in [0.15, 0.2) is 0 Å². The molecule has 126 valence electrons. The highest BCUT2D eigenvalue weighted by atomic mass is 32.3. The van der Waals surface area contributed by atoms with Crippen molar-refractivity contribution in [1.82, 2.24) is 0 Å². The predicted molar refractivity (Wildman–Crippen MR) is 92.6 cm³/mol. The summed E-state index contributed by atoms with van der Waals surface area (Å²) in [5.41, 5.74) is -1.73. The number of thioether (sulfide) groups is 1. The molecule has 1 aliphatic rings. The number of hydrogen-bond acceptors (Lipinski definition) is 1. The maximum atomic E-state index is 12.4. The first-order valence-corrected chi connectivity index (χ1v) is 11.1. The Morgan fingerprint density at radius 2 is 1.76 bits per heavy atom. The zero-order chi connectivity index (χ0) is 16.5. The van der Waals surface area contributed by atoms with Crippen molar-refractivity contribution in [3.8, 4) is 0 Å². The predicted octanol–water partition coefficient (Wildman–Crippen LogP) is 6.22. The van der Waals surface area contributed by atoms with Gasteiger partial charge in [0.05, 0.1) is 0 Å². The van der Waals surface area contributed by atoms with E-state index in [1.54, 1.807) is 0 Å². The third-order valence-corrected chi connectivity index (χ3v) is 10.2. The first-order valence-electron chi connectivity index (χ1n) is 7.45. The lowest BCUT2D eigenvalue weighted by Gasteiger charge is -2.45. The highest BCUT2D eigenvalue weighted by Crippen LogP contribution is 2.54. The number of halogens is 3. The molecule has 0 radical (unpaired) electrons. The number of rotatable bonds is 5. The molecular weight excluding hydrogens is 313 g/mol. The van der Waals surface area contributed by atoms with Crippen LogP contribution in [0.15, 0.2) is 11.1 Å². The molecule has 0 aromatic carbocycles. The van der Waals surface area contributed by atoms with Crippen LogP contribution in [0.3, 0.4) is 0 Å². The molecule has 1 aliphatic carbocycles. The summed E-state index contributed by atoms with van der Waals surface area (Å²) in [7, 11) is -0.739. The third kappa shape index (κ3) is 5.74. The van der Waals surface area contributed by atoms with Crippen LogP contribution in [0.5, 0.6) is 0 Å². The van der Waals surface area contributed by atoms with E-state index in [4.69, 9.17) is 0 Å². The first kappa shape index (κ1) is 19.3. The van der Waals surface area contributed by atoms with Crippen LogP contribution in [-0.2, 0) is 0 Å². The van der Waals surface area contributed by atoms with Gasteiger partial charge in [0, 0.05) is 5.75 Å². The van der Waals surface area contributed by atoms with Gasteiger partial charge < -0.3 is 0 Å². The second-order valence-corrected chi connectivity index (χ2v) is 13.2. The summed E-state index contributed by atoms with van der Waals surface area (Å²) in [6, 6.07) is 0. The molecule has 0 aromatic heterocycles. The summed E-state index contributed by atoms with van der Waals surface area (Å²) in [5, 5.41) is 0. The Bertz CT molecular complexity index is 389. The minimum absolute atomic E-state index is 0.124. The van der Waals surface area contributed by atoms with Crippen molar-refractivity contribution in [2.45, 2.75) is 57.2 Å². The van der Waals surface area contributed by atoms with Crippen molar-refractivity contribution in [3.05, 3.63) is 11.1 Å². The lowest BCUT2D eigenvalue weighted by Crippen LogP contribution is -2.26. The van der Waals surface area contributed by atoms with Gasteiger partial charge in [0.25, 0.3) is 0 Å². The van der Waals surface area contributed by atoms with Gasteiger partial charge in [-0.05, 0) is 60.0 Å². The standard InChI is InChI=1S/C16H29F3S2/c1-12-7-8-13(11-20-16(17,18)19)14(12)9-10-21(5,6)15(2,3)4/h12H,7-11H2,1-6H3. The molecule has 0 bridgehead atoms. The molecule has 5 heteroatoms.